The van der Waals surface area contributed by atoms with Gasteiger partial charge in [-0.15, -0.1) is 0 Å². The van der Waals surface area contributed by atoms with Crippen molar-refractivity contribution in [3.63, 3.8) is 0 Å². The van der Waals surface area contributed by atoms with E-state index in [0.29, 0.717) is 6.42 Å². The number of rotatable bonds is 3. The molecule has 1 heteroatoms. The highest BCUT2D eigenvalue weighted by Crippen LogP contribution is 2.21. The molecule has 0 bridgehead atoms. The van der Waals surface area contributed by atoms with E-state index in [4.69, 9.17) is 0 Å². The third-order valence-corrected chi connectivity index (χ3v) is 3.39. The number of halogens is 1. The molecular formula is C17H19F. The molecule has 0 atom stereocenters. The maximum Gasteiger partial charge on any atom is 0.129 e. The Hall–Kier alpha value is -1.63. The van der Waals surface area contributed by atoms with Gasteiger partial charge in [-0.3, -0.25) is 0 Å². The molecule has 0 spiro atoms. The van der Waals surface area contributed by atoms with Crippen molar-refractivity contribution in [3.8, 4) is 0 Å². The quantitative estimate of drug-likeness (QED) is 0.738. The fourth-order valence-electron chi connectivity index (χ4n) is 2.32. The van der Waals surface area contributed by atoms with Crippen LogP contribution < -0.4 is 0 Å². The minimum atomic E-state index is -0.0358. The van der Waals surface area contributed by atoms with Crippen LogP contribution in [0.5, 0.6) is 0 Å². The average Bonchev–Trinajstić information content (AvgIpc) is 2.36. The summed E-state index contributed by atoms with van der Waals surface area (Å²) in [6.45, 7) is 6.10. The van der Waals surface area contributed by atoms with E-state index in [2.05, 4.69) is 19.1 Å². The smallest absolute Gasteiger partial charge is 0.129 e. The van der Waals surface area contributed by atoms with Crippen molar-refractivity contribution >= 4 is 0 Å². The molecule has 0 nitrogen and oxygen atoms in total. The Morgan fingerprint density at radius 3 is 2.28 bits per heavy atom. The lowest BCUT2D eigenvalue weighted by atomic mass is 9.96. The molecule has 0 aliphatic heterocycles. The third-order valence-electron chi connectivity index (χ3n) is 3.39. The third kappa shape index (κ3) is 2.61. The Labute approximate surface area is 108 Å². The lowest BCUT2D eigenvalue weighted by molar-refractivity contribution is 0.598. The molecule has 0 saturated heterocycles. The Kier molecular flexibility index (Phi) is 3.81. The number of aryl methyl sites for hydroxylation is 3. The minimum Gasteiger partial charge on any atom is -0.206 e. The minimum absolute atomic E-state index is 0.0358. The van der Waals surface area contributed by atoms with E-state index in [1.165, 1.54) is 11.1 Å². The second-order valence-corrected chi connectivity index (χ2v) is 4.85. The van der Waals surface area contributed by atoms with Crippen LogP contribution in [0.15, 0.2) is 36.4 Å². The van der Waals surface area contributed by atoms with Crippen LogP contribution in [0.2, 0.25) is 0 Å². The van der Waals surface area contributed by atoms with Crippen molar-refractivity contribution < 1.29 is 4.39 Å². The van der Waals surface area contributed by atoms with Crippen molar-refractivity contribution in [2.24, 2.45) is 0 Å². The molecule has 2 aromatic rings. The molecule has 0 saturated carbocycles. The van der Waals surface area contributed by atoms with E-state index < -0.39 is 0 Å². The zero-order valence-corrected chi connectivity index (χ0v) is 11.3. The highest BCUT2D eigenvalue weighted by Gasteiger charge is 2.09. The van der Waals surface area contributed by atoms with E-state index in [0.717, 1.165) is 23.1 Å². The molecule has 0 aliphatic rings. The Bertz CT molecular complexity index is 556. The summed E-state index contributed by atoms with van der Waals surface area (Å²) >= 11 is 0. The van der Waals surface area contributed by atoms with Crippen LogP contribution in [0.4, 0.5) is 4.39 Å². The van der Waals surface area contributed by atoms with Crippen molar-refractivity contribution in [2.75, 3.05) is 0 Å². The van der Waals surface area contributed by atoms with Crippen LogP contribution in [0.25, 0.3) is 0 Å². The summed E-state index contributed by atoms with van der Waals surface area (Å²) < 4.78 is 14.3. The molecule has 2 rings (SSSR count). The first-order valence-electron chi connectivity index (χ1n) is 6.44. The zero-order valence-electron chi connectivity index (χ0n) is 11.3. The normalized spacial score (nSPS) is 10.7. The molecular weight excluding hydrogens is 223 g/mol. The fourth-order valence-corrected chi connectivity index (χ4v) is 2.32. The maximum atomic E-state index is 14.3. The number of hydrogen-bond acceptors (Lipinski definition) is 0. The molecule has 0 unspecified atom stereocenters. The molecule has 0 aliphatic carbocycles. The first-order chi connectivity index (χ1) is 8.61. The van der Waals surface area contributed by atoms with E-state index in [-0.39, 0.29) is 5.82 Å². The Balaban J connectivity index is 2.40. The molecule has 94 valence electrons. The topological polar surface area (TPSA) is 0 Å². The first kappa shape index (κ1) is 12.8. The van der Waals surface area contributed by atoms with Crippen molar-refractivity contribution in [3.05, 3.63) is 70.0 Å². The molecule has 0 heterocycles. The van der Waals surface area contributed by atoms with Crippen LogP contribution in [0, 0.1) is 19.7 Å². The van der Waals surface area contributed by atoms with Gasteiger partial charge in [-0.1, -0.05) is 48.9 Å². The fraction of sp³-hybridized carbons (Fsp3) is 0.294. The lowest BCUT2D eigenvalue weighted by Gasteiger charge is -2.11. The van der Waals surface area contributed by atoms with Crippen LogP contribution in [-0.2, 0) is 12.8 Å². The summed E-state index contributed by atoms with van der Waals surface area (Å²) in [5.74, 6) is -0.0358. The molecule has 0 amide bonds. The van der Waals surface area contributed by atoms with Gasteiger partial charge in [0.15, 0.2) is 0 Å². The highest BCUT2D eigenvalue weighted by molar-refractivity contribution is 5.37. The van der Waals surface area contributed by atoms with Gasteiger partial charge in [-0.05, 0) is 42.5 Å². The van der Waals surface area contributed by atoms with Crippen molar-refractivity contribution in [1.29, 1.82) is 0 Å². The molecule has 0 radical (unpaired) electrons. The molecule has 18 heavy (non-hydrogen) atoms. The van der Waals surface area contributed by atoms with Gasteiger partial charge >= 0.3 is 0 Å². The van der Waals surface area contributed by atoms with Crippen LogP contribution in [0.3, 0.4) is 0 Å². The predicted octanol–water partition coefficient (Wildman–Crippen LogP) is 4.60. The van der Waals surface area contributed by atoms with Gasteiger partial charge in [-0.2, -0.15) is 0 Å². The molecule has 0 aromatic heterocycles. The van der Waals surface area contributed by atoms with Gasteiger partial charge < -0.3 is 0 Å². The Morgan fingerprint density at radius 1 is 0.944 bits per heavy atom. The highest BCUT2D eigenvalue weighted by atomic mass is 19.1. The summed E-state index contributed by atoms with van der Waals surface area (Å²) in [7, 11) is 0. The summed E-state index contributed by atoms with van der Waals surface area (Å²) in [5, 5.41) is 0. The largest absolute Gasteiger partial charge is 0.206 e. The second-order valence-electron chi connectivity index (χ2n) is 4.85. The van der Waals surface area contributed by atoms with E-state index >= 15 is 0 Å². The van der Waals surface area contributed by atoms with Crippen LogP contribution in [-0.4, -0.2) is 0 Å². The summed E-state index contributed by atoms with van der Waals surface area (Å²) in [4.78, 5) is 0. The summed E-state index contributed by atoms with van der Waals surface area (Å²) in [6, 6.07) is 12.1. The van der Waals surface area contributed by atoms with Gasteiger partial charge in [0.25, 0.3) is 0 Å². The second kappa shape index (κ2) is 5.34. The van der Waals surface area contributed by atoms with Gasteiger partial charge in [0.2, 0.25) is 0 Å². The molecule has 0 fully saturated rings. The summed E-state index contributed by atoms with van der Waals surface area (Å²) in [5.41, 5.74) is 5.18. The monoisotopic (exact) mass is 242 g/mol. The van der Waals surface area contributed by atoms with Gasteiger partial charge in [0, 0.05) is 6.42 Å². The van der Waals surface area contributed by atoms with Crippen LogP contribution in [0.1, 0.15) is 34.7 Å². The van der Waals surface area contributed by atoms with Crippen molar-refractivity contribution in [1.82, 2.24) is 0 Å². The SMILES string of the molecule is CCc1cc(C)cc(Cc2ccccc2C)c1F. The van der Waals surface area contributed by atoms with E-state index in [1.807, 2.05) is 38.1 Å². The zero-order chi connectivity index (χ0) is 13.1. The van der Waals surface area contributed by atoms with E-state index in [1.54, 1.807) is 0 Å². The average molecular weight is 242 g/mol. The van der Waals surface area contributed by atoms with Gasteiger partial charge in [0.05, 0.1) is 0 Å². The van der Waals surface area contributed by atoms with Gasteiger partial charge in [0.1, 0.15) is 5.82 Å². The lowest BCUT2D eigenvalue weighted by Crippen LogP contribution is -2.00. The maximum absolute atomic E-state index is 14.3. The van der Waals surface area contributed by atoms with Crippen LogP contribution >= 0.6 is 0 Å². The standard InChI is InChI=1S/C17H19F/c1-4-14-9-12(2)10-16(17(14)18)11-15-8-6-5-7-13(15)3/h5-10H,4,11H2,1-3H3. The van der Waals surface area contributed by atoms with Gasteiger partial charge in [-0.25, -0.2) is 4.39 Å². The Morgan fingerprint density at radius 2 is 1.61 bits per heavy atom. The van der Waals surface area contributed by atoms with E-state index in [9.17, 15) is 4.39 Å². The van der Waals surface area contributed by atoms with Crippen molar-refractivity contribution in [2.45, 2.75) is 33.6 Å². The molecule has 2 aromatic carbocycles. The predicted molar refractivity (Wildman–Crippen MR) is 74.5 cm³/mol. The summed E-state index contributed by atoms with van der Waals surface area (Å²) in [6.07, 6.45) is 1.42. The number of hydrogen-bond donors (Lipinski definition) is 0. The molecule has 0 N–H and O–H groups in total. The number of benzene rings is 2. The first-order valence-corrected chi connectivity index (χ1v) is 6.44.